The van der Waals surface area contributed by atoms with Gasteiger partial charge < -0.3 is 9.84 Å². The molecule has 0 heterocycles. The first-order chi connectivity index (χ1) is 9.14. The van der Waals surface area contributed by atoms with E-state index in [1.54, 1.807) is 0 Å². The molecule has 1 N–H and O–H groups in total. The zero-order chi connectivity index (χ0) is 15.5. The molecule has 1 rings (SSSR count). The molecule has 108 valence electrons. The number of carboxylic acid groups (broad SMARTS) is 1. The van der Waals surface area contributed by atoms with Crippen LogP contribution < -0.4 is 4.74 Å². The Bertz CT molecular complexity index is 567. The second kappa shape index (κ2) is 5.96. The summed E-state index contributed by atoms with van der Waals surface area (Å²) in [6, 6.07) is 2.36. The van der Waals surface area contributed by atoms with Crippen molar-refractivity contribution in [3.8, 4) is 11.8 Å². The van der Waals surface area contributed by atoms with Crippen LogP contribution in [-0.4, -0.2) is 23.2 Å². The number of benzene rings is 1. The fourth-order valence-corrected chi connectivity index (χ4v) is 1.86. The number of nitrogens with zero attached hydrogens (tertiary/aromatic N) is 1. The molecule has 0 spiro atoms. The van der Waals surface area contributed by atoms with Crippen molar-refractivity contribution in [1.82, 2.24) is 0 Å². The van der Waals surface area contributed by atoms with E-state index in [2.05, 4.69) is 4.74 Å². The largest absolute Gasteiger partial charge is 0.478 e. The molecule has 0 saturated heterocycles. The maximum absolute atomic E-state index is 12.3. The fourth-order valence-electron chi connectivity index (χ4n) is 1.22. The van der Waals surface area contributed by atoms with E-state index in [0.29, 0.717) is 12.1 Å². The number of carboxylic acids is 1. The van der Waals surface area contributed by atoms with Gasteiger partial charge in [-0.1, -0.05) is 0 Å². The van der Waals surface area contributed by atoms with Crippen LogP contribution in [-0.2, 0) is 0 Å². The third-order valence-electron chi connectivity index (χ3n) is 1.87. The molecule has 0 saturated carbocycles. The minimum Gasteiger partial charge on any atom is -0.478 e. The van der Waals surface area contributed by atoms with Crippen LogP contribution in [0.15, 0.2) is 17.0 Å². The van der Waals surface area contributed by atoms with Crippen LogP contribution in [0.4, 0.5) is 22.0 Å². The Balaban J connectivity index is 3.38. The lowest BCUT2D eigenvalue weighted by Crippen LogP contribution is -2.09. The van der Waals surface area contributed by atoms with Gasteiger partial charge >= 0.3 is 18.1 Å². The maximum atomic E-state index is 12.3. The molecule has 1 aromatic rings. The summed E-state index contributed by atoms with van der Waals surface area (Å²) in [7, 11) is 0. The Labute approximate surface area is 112 Å². The zero-order valence-corrected chi connectivity index (χ0v) is 10.1. The van der Waals surface area contributed by atoms with Gasteiger partial charge in [0.25, 0.3) is 0 Å². The number of ether oxygens (including phenoxy) is 1. The lowest BCUT2D eigenvalue weighted by atomic mass is 10.1. The van der Waals surface area contributed by atoms with Crippen LogP contribution >= 0.6 is 11.8 Å². The molecule has 0 aliphatic rings. The van der Waals surface area contributed by atoms with Crippen LogP contribution in [0.2, 0.25) is 0 Å². The minimum absolute atomic E-state index is 0.469. The quantitative estimate of drug-likeness (QED) is 0.681. The summed E-state index contributed by atoms with van der Waals surface area (Å²) in [4.78, 5) is 10.1. The summed E-state index contributed by atoms with van der Waals surface area (Å²) in [6.07, 6.45) is 0. The lowest BCUT2D eigenvalue weighted by Gasteiger charge is -2.12. The summed E-state index contributed by atoms with van der Waals surface area (Å²) in [5.74, 6) is -2.63. The smallest absolute Gasteiger partial charge is 0.446 e. The number of halogens is 5. The van der Waals surface area contributed by atoms with Crippen molar-refractivity contribution in [2.75, 3.05) is 0 Å². The molecule has 0 amide bonds. The predicted octanol–water partition coefficient (Wildman–Crippen LogP) is 3.47. The SMILES string of the molecule is N#Cc1cc(OC(F)F)c(C(=O)O)cc1SC(F)(F)F. The highest BCUT2D eigenvalue weighted by Crippen LogP contribution is 2.40. The summed E-state index contributed by atoms with van der Waals surface area (Å²) in [6.45, 7) is -3.37. The molecular formula is C10H4F5NO3S. The molecule has 0 bridgehead atoms. The first-order valence-corrected chi connectivity index (χ1v) is 5.47. The molecule has 0 fully saturated rings. The van der Waals surface area contributed by atoms with Gasteiger partial charge in [-0.2, -0.15) is 27.2 Å². The molecule has 0 aliphatic heterocycles. The number of hydrogen-bond acceptors (Lipinski definition) is 4. The van der Waals surface area contributed by atoms with E-state index < -0.39 is 51.6 Å². The average molecular weight is 313 g/mol. The Kier molecular flexibility index (Phi) is 4.78. The Morgan fingerprint density at radius 3 is 2.40 bits per heavy atom. The van der Waals surface area contributed by atoms with Crippen molar-refractivity contribution < 1.29 is 36.6 Å². The van der Waals surface area contributed by atoms with E-state index in [1.165, 1.54) is 6.07 Å². The van der Waals surface area contributed by atoms with Gasteiger partial charge in [-0.3, -0.25) is 0 Å². The summed E-state index contributed by atoms with van der Waals surface area (Å²) >= 11 is -0.718. The number of carbonyl (C=O) groups is 1. The van der Waals surface area contributed by atoms with Crippen molar-refractivity contribution in [2.24, 2.45) is 0 Å². The Morgan fingerprint density at radius 1 is 1.40 bits per heavy atom. The van der Waals surface area contributed by atoms with Gasteiger partial charge in [0.05, 0.1) is 5.56 Å². The fraction of sp³-hybridized carbons (Fsp3) is 0.200. The van der Waals surface area contributed by atoms with E-state index in [0.717, 1.165) is 0 Å². The lowest BCUT2D eigenvalue weighted by molar-refractivity contribution is -0.0504. The van der Waals surface area contributed by atoms with Crippen molar-refractivity contribution in [2.45, 2.75) is 17.0 Å². The van der Waals surface area contributed by atoms with Gasteiger partial charge in [-0.25, -0.2) is 4.79 Å². The summed E-state index contributed by atoms with van der Waals surface area (Å²) in [5, 5.41) is 17.4. The highest BCUT2D eigenvalue weighted by atomic mass is 32.2. The third kappa shape index (κ3) is 4.27. The number of thioether (sulfide) groups is 1. The normalized spacial score (nSPS) is 11.2. The highest BCUT2D eigenvalue weighted by molar-refractivity contribution is 8.00. The average Bonchev–Trinajstić information content (AvgIpc) is 2.27. The van der Waals surface area contributed by atoms with Gasteiger partial charge in [0.2, 0.25) is 0 Å². The van der Waals surface area contributed by atoms with Gasteiger partial charge in [0.1, 0.15) is 17.4 Å². The van der Waals surface area contributed by atoms with Crippen molar-refractivity contribution >= 4 is 17.7 Å². The Morgan fingerprint density at radius 2 is 2.00 bits per heavy atom. The van der Waals surface area contributed by atoms with Crippen molar-refractivity contribution in [1.29, 1.82) is 5.26 Å². The number of aromatic carboxylic acids is 1. The molecule has 10 heteroatoms. The topological polar surface area (TPSA) is 70.3 Å². The molecule has 0 radical (unpaired) electrons. The second-order valence-corrected chi connectivity index (χ2v) is 4.29. The monoisotopic (exact) mass is 313 g/mol. The molecule has 0 unspecified atom stereocenters. The number of hydrogen-bond donors (Lipinski definition) is 1. The van der Waals surface area contributed by atoms with E-state index >= 15 is 0 Å². The second-order valence-electron chi connectivity index (χ2n) is 3.19. The van der Waals surface area contributed by atoms with Crippen LogP contribution in [0, 0.1) is 11.3 Å². The van der Waals surface area contributed by atoms with E-state index in [-0.39, 0.29) is 0 Å². The highest BCUT2D eigenvalue weighted by Gasteiger charge is 2.32. The molecule has 0 atom stereocenters. The van der Waals surface area contributed by atoms with Gasteiger partial charge in [-0.15, -0.1) is 0 Å². The van der Waals surface area contributed by atoms with Gasteiger partial charge in [0.15, 0.2) is 0 Å². The summed E-state index contributed by atoms with van der Waals surface area (Å²) in [5.41, 5.74) is -6.27. The van der Waals surface area contributed by atoms with E-state index in [4.69, 9.17) is 10.4 Å². The van der Waals surface area contributed by atoms with Crippen molar-refractivity contribution in [3.05, 3.63) is 23.3 Å². The third-order valence-corrected chi connectivity index (χ3v) is 2.66. The van der Waals surface area contributed by atoms with E-state index in [1.807, 2.05) is 0 Å². The van der Waals surface area contributed by atoms with Gasteiger partial charge in [-0.05, 0) is 17.8 Å². The van der Waals surface area contributed by atoms with Crippen LogP contribution in [0.25, 0.3) is 0 Å². The minimum atomic E-state index is -4.76. The molecule has 20 heavy (non-hydrogen) atoms. The number of alkyl halides is 5. The van der Waals surface area contributed by atoms with Crippen molar-refractivity contribution in [3.63, 3.8) is 0 Å². The molecule has 1 aromatic carbocycles. The maximum Gasteiger partial charge on any atom is 0.446 e. The first kappa shape index (κ1) is 16.0. The first-order valence-electron chi connectivity index (χ1n) is 4.66. The van der Waals surface area contributed by atoms with Gasteiger partial charge in [0, 0.05) is 11.0 Å². The zero-order valence-electron chi connectivity index (χ0n) is 9.24. The molecule has 0 aromatic heterocycles. The van der Waals surface area contributed by atoms with E-state index in [9.17, 15) is 26.7 Å². The Hall–Kier alpha value is -2.02. The standard InChI is InChI=1S/C10H4F5NO3S/c11-9(12)19-6-1-4(3-16)7(20-10(13,14)15)2-5(6)8(17)18/h1-2,9H,(H,17,18). The van der Waals surface area contributed by atoms with Crippen LogP contribution in [0.1, 0.15) is 15.9 Å². The number of nitriles is 1. The molecule has 4 nitrogen and oxygen atoms in total. The molecular weight excluding hydrogens is 309 g/mol. The van der Waals surface area contributed by atoms with Crippen LogP contribution in [0.3, 0.4) is 0 Å². The molecule has 0 aliphatic carbocycles. The summed E-state index contributed by atoms with van der Waals surface area (Å²) < 4.78 is 64.8. The van der Waals surface area contributed by atoms with Crippen LogP contribution in [0.5, 0.6) is 5.75 Å². The predicted molar refractivity (Wildman–Crippen MR) is 56.7 cm³/mol. The number of rotatable bonds is 4.